The van der Waals surface area contributed by atoms with Crippen LogP contribution < -0.4 is 4.72 Å². The molecule has 0 unspecified atom stereocenters. The van der Waals surface area contributed by atoms with E-state index in [2.05, 4.69) is 35.6 Å². The maximum Gasteiger partial charge on any atom is 0.264 e. The first-order chi connectivity index (χ1) is 8.08. The van der Waals surface area contributed by atoms with Crippen molar-refractivity contribution in [2.45, 2.75) is 4.90 Å². The van der Waals surface area contributed by atoms with Crippen LogP contribution in [0.4, 0.5) is 5.82 Å². The molecule has 0 saturated carbocycles. The standard InChI is InChI=1S/C9H7BrN4O2S/c10-8-5-13-9(6-12-8)14-17(15,16)7-2-1-3-11-4-7/h1-6H,(H,13,14). The van der Waals surface area contributed by atoms with E-state index in [0.29, 0.717) is 4.60 Å². The van der Waals surface area contributed by atoms with Crippen molar-refractivity contribution in [3.05, 3.63) is 41.5 Å². The molecule has 0 aliphatic carbocycles. The average molecular weight is 315 g/mol. The first-order valence-electron chi connectivity index (χ1n) is 4.48. The summed E-state index contributed by atoms with van der Waals surface area (Å²) >= 11 is 3.11. The fourth-order valence-electron chi connectivity index (χ4n) is 1.07. The Morgan fingerprint density at radius 2 is 2.00 bits per heavy atom. The highest BCUT2D eigenvalue weighted by atomic mass is 79.9. The van der Waals surface area contributed by atoms with Gasteiger partial charge in [0.15, 0.2) is 5.82 Å². The first kappa shape index (κ1) is 11.9. The number of nitrogens with one attached hydrogen (secondary N) is 1. The Bertz CT molecular complexity index is 601. The normalized spacial score (nSPS) is 11.1. The molecule has 2 aromatic heterocycles. The number of anilines is 1. The minimum absolute atomic E-state index is 0.0738. The van der Waals surface area contributed by atoms with Crippen LogP contribution in [0, 0.1) is 0 Å². The van der Waals surface area contributed by atoms with Gasteiger partial charge in [-0.25, -0.2) is 18.4 Å². The molecule has 0 aliphatic heterocycles. The van der Waals surface area contributed by atoms with Crippen molar-refractivity contribution in [2.24, 2.45) is 0 Å². The Labute approximate surface area is 106 Å². The van der Waals surface area contributed by atoms with Crippen LogP contribution in [0.3, 0.4) is 0 Å². The third-order valence-electron chi connectivity index (χ3n) is 1.80. The maximum atomic E-state index is 11.9. The van der Waals surface area contributed by atoms with E-state index in [1.165, 1.54) is 30.9 Å². The number of pyridine rings is 1. The fraction of sp³-hybridized carbons (Fsp3) is 0. The molecule has 0 amide bonds. The number of hydrogen-bond donors (Lipinski definition) is 1. The van der Waals surface area contributed by atoms with Crippen molar-refractivity contribution in [2.75, 3.05) is 4.72 Å². The second kappa shape index (κ2) is 4.76. The topological polar surface area (TPSA) is 84.8 Å². The molecule has 0 atom stereocenters. The molecule has 0 spiro atoms. The lowest BCUT2D eigenvalue weighted by Gasteiger charge is -2.05. The Hall–Kier alpha value is -1.54. The minimum atomic E-state index is -3.66. The largest absolute Gasteiger partial charge is 0.264 e. The highest BCUT2D eigenvalue weighted by Gasteiger charge is 2.14. The van der Waals surface area contributed by atoms with Gasteiger partial charge < -0.3 is 0 Å². The Balaban J connectivity index is 2.27. The van der Waals surface area contributed by atoms with Gasteiger partial charge in [0.05, 0.1) is 12.4 Å². The van der Waals surface area contributed by atoms with Crippen LogP contribution in [-0.2, 0) is 10.0 Å². The minimum Gasteiger partial charge on any atom is -0.263 e. The molecule has 88 valence electrons. The highest BCUT2D eigenvalue weighted by Crippen LogP contribution is 2.13. The smallest absolute Gasteiger partial charge is 0.263 e. The zero-order valence-electron chi connectivity index (χ0n) is 8.41. The number of rotatable bonds is 3. The lowest BCUT2D eigenvalue weighted by atomic mass is 10.5. The molecule has 1 N–H and O–H groups in total. The number of aromatic nitrogens is 3. The summed E-state index contributed by atoms with van der Waals surface area (Å²) in [5.41, 5.74) is 0. The summed E-state index contributed by atoms with van der Waals surface area (Å²) in [5.74, 6) is 0.150. The Kier molecular flexibility index (Phi) is 3.34. The number of nitrogens with zero attached hydrogens (tertiary/aromatic N) is 3. The van der Waals surface area contributed by atoms with Crippen LogP contribution in [0.5, 0.6) is 0 Å². The molecule has 0 aromatic carbocycles. The molecule has 0 radical (unpaired) electrons. The predicted octanol–water partition coefficient (Wildman–Crippen LogP) is 1.43. The highest BCUT2D eigenvalue weighted by molar-refractivity contribution is 9.10. The molecule has 2 aromatic rings. The third kappa shape index (κ3) is 2.98. The SMILES string of the molecule is O=S(=O)(Nc1cnc(Br)cn1)c1cccnc1. The van der Waals surface area contributed by atoms with Gasteiger partial charge in [-0.2, -0.15) is 0 Å². The summed E-state index contributed by atoms with van der Waals surface area (Å²) < 4.78 is 26.5. The molecule has 0 bridgehead atoms. The molecule has 0 fully saturated rings. The summed E-state index contributed by atoms with van der Waals surface area (Å²) in [4.78, 5) is 11.6. The molecule has 2 rings (SSSR count). The van der Waals surface area contributed by atoms with Gasteiger partial charge >= 0.3 is 0 Å². The van der Waals surface area contributed by atoms with Crippen LogP contribution in [0.25, 0.3) is 0 Å². The van der Waals surface area contributed by atoms with Gasteiger partial charge in [-0.1, -0.05) is 0 Å². The molecule has 0 aliphatic rings. The van der Waals surface area contributed by atoms with Gasteiger partial charge in [-0.3, -0.25) is 9.71 Å². The van der Waals surface area contributed by atoms with Crippen LogP contribution in [0.2, 0.25) is 0 Å². The van der Waals surface area contributed by atoms with E-state index in [4.69, 9.17) is 0 Å². The maximum absolute atomic E-state index is 11.9. The number of halogens is 1. The molecule has 6 nitrogen and oxygen atoms in total. The van der Waals surface area contributed by atoms with Gasteiger partial charge in [0.1, 0.15) is 9.50 Å². The van der Waals surface area contributed by atoms with E-state index in [-0.39, 0.29) is 10.7 Å². The van der Waals surface area contributed by atoms with E-state index in [1.807, 2.05) is 0 Å². The van der Waals surface area contributed by atoms with E-state index in [1.54, 1.807) is 6.07 Å². The van der Waals surface area contributed by atoms with Gasteiger partial charge in [0, 0.05) is 12.4 Å². The van der Waals surface area contributed by atoms with E-state index in [0.717, 1.165) is 0 Å². The van der Waals surface area contributed by atoms with E-state index < -0.39 is 10.0 Å². The van der Waals surface area contributed by atoms with E-state index in [9.17, 15) is 8.42 Å². The van der Waals surface area contributed by atoms with Crippen molar-refractivity contribution >= 4 is 31.8 Å². The predicted molar refractivity (Wildman–Crippen MR) is 64.8 cm³/mol. The van der Waals surface area contributed by atoms with Crippen molar-refractivity contribution in [1.29, 1.82) is 0 Å². The molecule has 8 heteroatoms. The summed E-state index contributed by atoms with van der Waals surface area (Å²) in [6.45, 7) is 0. The molecule has 2 heterocycles. The molecular weight excluding hydrogens is 308 g/mol. The summed E-state index contributed by atoms with van der Waals surface area (Å²) in [6, 6.07) is 2.99. The zero-order chi connectivity index (χ0) is 12.3. The number of sulfonamides is 1. The van der Waals surface area contributed by atoms with Crippen molar-refractivity contribution < 1.29 is 8.42 Å². The van der Waals surface area contributed by atoms with Crippen LogP contribution >= 0.6 is 15.9 Å². The Morgan fingerprint density at radius 3 is 2.59 bits per heavy atom. The van der Waals surface area contributed by atoms with Crippen molar-refractivity contribution in [3.63, 3.8) is 0 Å². The Morgan fingerprint density at radius 1 is 1.18 bits per heavy atom. The van der Waals surface area contributed by atoms with Gasteiger partial charge in [0.2, 0.25) is 0 Å². The fourth-order valence-corrected chi connectivity index (χ4v) is 2.23. The van der Waals surface area contributed by atoms with Crippen LogP contribution in [-0.4, -0.2) is 23.4 Å². The van der Waals surface area contributed by atoms with Gasteiger partial charge in [-0.15, -0.1) is 0 Å². The lowest BCUT2D eigenvalue weighted by Crippen LogP contribution is -2.14. The average Bonchev–Trinajstić information content (AvgIpc) is 2.33. The molecule has 17 heavy (non-hydrogen) atoms. The van der Waals surface area contributed by atoms with Crippen molar-refractivity contribution in [1.82, 2.24) is 15.0 Å². The first-order valence-corrected chi connectivity index (χ1v) is 6.76. The second-order valence-corrected chi connectivity index (χ2v) is 5.51. The second-order valence-electron chi connectivity index (χ2n) is 3.02. The summed E-state index contributed by atoms with van der Waals surface area (Å²) in [7, 11) is -3.66. The van der Waals surface area contributed by atoms with E-state index >= 15 is 0 Å². The number of hydrogen-bond acceptors (Lipinski definition) is 5. The van der Waals surface area contributed by atoms with Gasteiger partial charge in [-0.05, 0) is 28.1 Å². The third-order valence-corrected chi connectivity index (χ3v) is 3.55. The molecular formula is C9H7BrN4O2S. The van der Waals surface area contributed by atoms with Crippen molar-refractivity contribution in [3.8, 4) is 0 Å². The monoisotopic (exact) mass is 314 g/mol. The summed E-state index contributed by atoms with van der Waals surface area (Å²) in [5, 5.41) is 0. The van der Waals surface area contributed by atoms with Crippen LogP contribution in [0.1, 0.15) is 0 Å². The lowest BCUT2D eigenvalue weighted by molar-refractivity contribution is 0.600. The zero-order valence-corrected chi connectivity index (χ0v) is 10.8. The van der Waals surface area contributed by atoms with Gasteiger partial charge in [0.25, 0.3) is 10.0 Å². The summed E-state index contributed by atoms with van der Waals surface area (Å²) in [6.07, 6.45) is 5.48. The van der Waals surface area contributed by atoms with Crippen LogP contribution in [0.15, 0.2) is 46.4 Å². The quantitative estimate of drug-likeness (QED) is 0.926. The molecule has 0 saturated heterocycles.